The molecule has 116 valence electrons. The molecule has 0 unspecified atom stereocenters. The van der Waals surface area contributed by atoms with Crippen LogP contribution in [0.15, 0.2) is 30.6 Å². The van der Waals surface area contributed by atoms with Crippen LogP contribution in [0, 0.1) is 0 Å². The monoisotopic (exact) mass is 329 g/mol. The van der Waals surface area contributed by atoms with E-state index < -0.39 is 0 Å². The predicted molar refractivity (Wildman–Crippen MR) is 85.6 cm³/mol. The Morgan fingerprint density at radius 2 is 2.17 bits per heavy atom. The molecule has 0 saturated heterocycles. The first-order valence-electron chi connectivity index (χ1n) is 7.20. The Kier molecular flexibility index (Phi) is 3.49. The molecule has 4 rings (SSSR count). The standard InChI is InChI=1S/C16H12FN3O2S/c17-23-20-8-12(9-21)15-16(20)18-7-14(19-15)22-13-5-4-10-2-1-3-11(10)6-13/h4-9H,1-3H2. The fraction of sp³-hybridized carbons (Fsp3) is 0.188. The van der Waals surface area contributed by atoms with Crippen molar-refractivity contribution in [1.29, 1.82) is 0 Å². The van der Waals surface area contributed by atoms with E-state index in [1.807, 2.05) is 12.1 Å². The molecular weight excluding hydrogens is 317 g/mol. The predicted octanol–water partition coefficient (Wildman–Crippen LogP) is 3.91. The molecule has 0 fully saturated rings. The minimum absolute atomic E-state index is 0.0277. The average Bonchev–Trinajstić information content (AvgIpc) is 3.17. The number of aldehydes is 1. The quantitative estimate of drug-likeness (QED) is 0.679. The summed E-state index contributed by atoms with van der Waals surface area (Å²) in [6, 6.07) is 5.98. The van der Waals surface area contributed by atoms with Gasteiger partial charge in [0.15, 0.2) is 24.3 Å². The van der Waals surface area contributed by atoms with Crippen molar-refractivity contribution in [2.45, 2.75) is 19.3 Å². The highest BCUT2D eigenvalue weighted by Gasteiger charge is 2.15. The normalized spacial score (nSPS) is 13.3. The molecule has 7 heteroatoms. The summed E-state index contributed by atoms with van der Waals surface area (Å²) in [5, 5.41) is 0. The number of ether oxygens (including phenoxy) is 1. The van der Waals surface area contributed by atoms with Gasteiger partial charge in [0.1, 0.15) is 11.3 Å². The van der Waals surface area contributed by atoms with E-state index in [1.54, 1.807) is 0 Å². The number of fused-ring (bicyclic) bond motifs is 2. The lowest BCUT2D eigenvalue weighted by Crippen LogP contribution is -1.93. The van der Waals surface area contributed by atoms with Gasteiger partial charge in [-0.3, -0.25) is 4.79 Å². The maximum absolute atomic E-state index is 12.8. The SMILES string of the molecule is O=Cc1cn(SF)c2ncc(Oc3ccc4c(c3)CCC4)nc12. The second kappa shape index (κ2) is 5.66. The Bertz CT molecular complexity index is 910. The summed E-state index contributed by atoms with van der Waals surface area (Å²) in [6.45, 7) is 0. The highest BCUT2D eigenvalue weighted by atomic mass is 32.2. The summed E-state index contributed by atoms with van der Waals surface area (Å²) in [5.41, 5.74) is 3.55. The highest BCUT2D eigenvalue weighted by Crippen LogP contribution is 2.29. The summed E-state index contributed by atoms with van der Waals surface area (Å²) >= 11 is -0.0277. The van der Waals surface area contributed by atoms with Crippen LogP contribution >= 0.6 is 12.3 Å². The van der Waals surface area contributed by atoms with Gasteiger partial charge in [-0.2, -0.15) is 0 Å². The van der Waals surface area contributed by atoms with E-state index in [4.69, 9.17) is 4.74 Å². The molecule has 2 aromatic heterocycles. The topological polar surface area (TPSA) is 57.0 Å². The van der Waals surface area contributed by atoms with Gasteiger partial charge in [0.25, 0.3) is 0 Å². The largest absolute Gasteiger partial charge is 0.437 e. The summed E-state index contributed by atoms with van der Waals surface area (Å²) in [5.74, 6) is 0.964. The maximum atomic E-state index is 12.8. The van der Waals surface area contributed by atoms with Crippen LogP contribution < -0.4 is 4.74 Å². The zero-order valence-corrected chi connectivity index (χ0v) is 12.8. The first-order valence-corrected chi connectivity index (χ1v) is 7.88. The molecule has 5 nitrogen and oxygen atoms in total. The number of carbonyl (C=O) groups is 1. The molecule has 1 aliphatic rings. The van der Waals surface area contributed by atoms with Crippen LogP contribution in [0.4, 0.5) is 3.89 Å². The molecule has 2 heterocycles. The number of hydrogen-bond donors (Lipinski definition) is 0. The van der Waals surface area contributed by atoms with Crippen LogP contribution in [-0.2, 0) is 12.8 Å². The number of carbonyl (C=O) groups excluding carboxylic acids is 1. The van der Waals surface area contributed by atoms with Crippen molar-refractivity contribution in [1.82, 2.24) is 13.9 Å². The average molecular weight is 329 g/mol. The molecule has 23 heavy (non-hydrogen) atoms. The molecule has 0 N–H and O–H groups in total. The second-order valence-electron chi connectivity index (χ2n) is 5.36. The van der Waals surface area contributed by atoms with Crippen molar-refractivity contribution < 1.29 is 13.4 Å². The Hall–Kier alpha value is -2.41. The molecule has 0 bridgehead atoms. The van der Waals surface area contributed by atoms with Crippen LogP contribution in [0.5, 0.6) is 11.6 Å². The van der Waals surface area contributed by atoms with Crippen molar-refractivity contribution in [2.24, 2.45) is 0 Å². The van der Waals surface area contributed by atoms with E-state index in [0.29, 0.717) is 23.2 Å². The smallest absolute Gasteiger partial charge is 0.238 e. The van der Waals surface area contributed by atoms with Gasteiger partial charge in [-0.25, -0.2) is 13.9 Å². The molecule has 1 aromatic carbocycles. The van der Waals surface area contributed by atoms with Crippen LogP contribution in [0.2, 0.25) is 0 Å². The fourth-order valence-corrected chi connectivity index (χ4v) is 3.24. The Labute approximate surface area is 135 Å². The number of aryl methyl sites for hydroxylation is 2. The van der Waals surface area contributed by atoms with Gasteiger partial charge in [0, 0.05) is 6.20 Å². The van der Waals surface area contributed by atoms with E-state index in [0.717, 1.165) is 16.8 Å². The number of hydrogen-bond acceptors (Lipinski definition) is 5. The van der Waals surface area contributed by atoms with Crippen LogP contribution in [-0.4, -0.2) is 20.2 Å². The number of benzene rings is 1. The van der Waals surface area contributed by atoms with E-state index in [1.165, 1.54) is 29.9 Å². The highest BCUT2D eigenvalue weighted by molar-refractivity contribution is 7.92. The molecule has 0 spiro atoms. The molecule has 1 aliphatic carbocycles. The van der Waals surface area contributed by atoms with E-state index in [9.17, 15) is 8.68 Å². The minimum Gasteiger partial charge on any atom is -0.437 e. The van der Waals surface area contributed by atoms with Crippen molar-refractivity contribution in [3.05, 3.63) is 47.3 Å². The molecule has 0 saturated carbocycles. The lowest BCUT2D eigenvalue weighted by molar-refractivity contribution is 0.112. The third-order valence-electron chi connectivity index (χ3n) is 3.96. The Balaban J connectivity index is 1.70. The minimum atomic E-state index is -0.0277. The van der Waals surface area contributed by atoms with E-state index in [-0.39, 0.29) is 23.8 Å². The van der Waals surface area contributed by atoms with Crippen LogP contribution in [0.25, 0.3) is 11.2 Å². The molecule has 0 atom stereocenters. The van der Waals surface area contributed by atoms with Gasteiger partial charge in [-0.1, -0.05) is 6.07 Å². The Morgan fingerprint density at radius 3 is 3.00 bits per heavy atom. The number of aromatic nitrogens is 3. The molecular formula is C16H12FN3O2S. The third kappa shape index (κ3) is 2.46. The van der Waals surface area contributed by atoms with Gasteiger partial charge in [0.05, 0.1) is 11.8 Å². The summed E-state index contributed by atoms with van der Waals surface area (Å²) < 4.78 is 19.8. The van der Waals surface area contributed by atoms with Gasteiger partial charge in [0.2, 0.25) is 5.88 Å². The van der Waals surface area contributed by atoms with Gasteiger partial charge in [-0.15, -0.1) is 3.89 Å². The van der Waals surface area contributed by atoms with E-state index in [2.05, 4.69) is 16.0 Å². The summed E-state index contributed by atoms with van der Waals surface area (Å²) in [4.78, 5) is 19.5. The molecule has 0 aliphatic heterocycles. The van der Waals surface area contributed by atoms with Gasteiger partial charge in [-0.05, 0) is 42.5 Å². The van der Waals surface area contributed by atoms with Crippen molar-refractivity contribution >= 4 is 29.8 Å². The van der Waals surface area contributed by atoms with Crippen LogP contribution in [0.1, 0.15) is 27.9 Å². The van der Waals surface area contributed by atoms with Crippen molar-refractivity contribution in [3.63, 3.8) is 0 Å². The van der Waals surface area contributed by atoms with Gasteiger partial charge < -0.3 is 4.74 Å². The Morgan fingerprint density at radius 1 is 1.30 bits per heavy atom. The maximum Gasteiger partial charge on any atom is 0.238 e. The molecule has 0 amide bonds. The van der Waals surface area contributed by atoms with Crippen LogP contribution in [0.3, 0.4) is 0 Å². The second-order valence-corrected chi connectivity index (χ2v) is 5.90. The third-order valence-corrected chi connectivity index (χ3v) is 4.39. The number of halogens is 1. The zero-order valence-electron chi connectivity index (χ0n) is 12.0. The first-order chi connectivity index (χ1) is 11.3. The lowest BCUT2D eigenvalue weighted by Gasteiger charge is -2.07. The fourth-order valence-electron chi connectivity index (χ4n) is 2.89. The lowest BCUT2D eigenvalue weighted by atomic mass is 10.1. The van der Waals surface area contributed by atoms with Crippen molar-refractivity contribution in [2.75, 3.05) is 0 Å². The van der Waals surface area contributed by atoms with E-state index >= 15 is 0 Å². The molecule has 0 radical (unpaired) electrons. The van der Waals surface area contributed by atoms with Crippen molar-refractivity contribution in [3.8, 4) is 11.6 Å². The van der Waals surface area contributed by atoms with Gasteiger partial charge >= 0.3 is 0 Å². The summed E-state index contributed by atoms with van der Waals surface area (Å²) in [6.07, 6.45) is 6.75. The first kappa shape index (κ1) is 14.2. The summed E-state index contributed by atoms with van der Waals surface area (Å²) in [7, 11) is 0. The number of nitrogens with zero attached hydrogens (tertiary/aromatic N) is 3. The molecule has 3 aromatic rings. The zero-order chi connectivity index (χ0) is 15.8. The number of rotatable bonds is 4.